The van der Waals surface area contributed by atoms with Crippen LogP contribution in [-0.4, -0.2) is 71.3 Å². The molecule has 0 bridgehead atoms. The van der Waals surface area contributed by atoms with Gasteiger partial charge in [0.1, 0.15) is 0 Å². The normalized spacial score (nSPS) is 10.3. The molecule has 0 aliphatic rings. The average Bonchev–Trinajstić information content (AvgIpc) is 2.51. The van der Waals surface area contributed by atoms with Gasteiger partial charge in [0.15, 0.2) is 0 Å². The van der Waals surface area contributed by atoms with Gasteiger partial charge in [-0.05, 0) is 19.8 Å². The first-order valence-corrected chi connectivity index (χ1v) is 8.05. The molecule has 136 valence electrons. The maximum Gasteiger partial charge on any atom is 0.407 e. The first-order valence-electron chi connectivity index (χ1n) is 8.05. The number of hydrogen-bond donors (Lipinski definition) is 2. The second kappa shape index (κ2) is 17.0. The Bertz CT molecular complexity index is 302. The van der Waals surface area contributed by atoms with Crippen molar-refractivity contribution in [1.82, 2.24) is 10.6 Å². The number of ether oxygens (including phenoxy) is 4. The van der Waals surface area contributed by atoms with Gasteiger partial charge >= 0.3 is 6.09 Å². The number of alkyl carbamates (subject to hydrolysis) is 1. The van der Waals surface area contributed by atoms with E-state index in [1.807, 2.05) is 0 Å². The molecule has 23 heavy (non-hydrogen) atoms. The standard InChI is InChI=1S/C15H30N2O6/c1-3-23-15(19)17-7-5-9-21-11-13-22-12-10-20-8-4-6-16-14(2)18/h3-13H2,1-2H3,(H,16,18)(H,17,19). The molecule has 0 rings (SSSR count). The van der Waals surface area contributed by atoms with Crippen LogP contribution in [0.15, 0.2) is 0 Å². The third-order valence-electron chi connectivity index (χ3n) is 2.59. The van der Waals surface area contributed by atoms with E-state index >= 15 is 0 Å². The summed E-state index contributed by atoms with van der Waals surface area (Å²) in [5, 5.41) is 5.32. The monoisotopic (exact) mass is 334 g/mol. The molecule has 2 amide bonds. The van der Waals surface area contributed by atoms with Crippen molar-refractivity contribution in [3.63, 3.8) is 0 Å². The molecular weight excluding hydrogens is 304 g/mol. The first kappa shape index (κ1) is 21.6. The minimum atomic E-state index is -0.395. The van der Waals surface area contributed by atoms with Crippen molar-refractivity contribution in [3.8, 4) is 0 Å². The van der Waals surface area contributed by atoms with Crippen molar-refractivity contribution in [2.24, 2.45) is 0 Å². The molecular formula is C15H30N2O6. The lowest BCUT2D eigenvalue weighted by molar-refractivity contribution is -0.119. The predicted molar refractivity (Wildman–Crippen MR) is 85.4 cm³/mol. The summed E-state index contributed by atoms with van der Waals surface area (Å²) in [5.74, 6) is -0.0231. The maximum absolute atomic E-state index is 11.0. The van der Waals surface area contributed by atoms with Gasteiger partial charge in [-0.3, -0.25) is 4.79 Å². The minimum absolute atomic E-state index is 0.0231. The lowest BCUT2D eigenvalue weighted by Crippen LogP contribution is -2.26. The zero-order valence-electron chi connectivity index (χ0n) is 14.2. The van der Waals surface area contributed by atoms with E-state index in [1.165, 1.54) is 6.92 Å². The van der Waals surface area contributed by atoms with Crippen LogP contribution in [0.4, 0.5) is 4.79 Å². The highest BCUT2D eigenvalue weighted by Gasteiger charge is 1.98. The first-order chi connectivity index (χ1) is 11.2. The molecule has 0 heterocycles. The SMILES string of the molecule is CCOC(=O)NCCCOCCOCCOCCCNC(C)=O. The Morgan fingerprint density at radius 2 is 1.26 bits per heavy atom. The molecule has 8 heteroatoms. The average molecular weight is 334 g/mol. The van der Waals surface area contributed by atoms with Crippen LogP contribution >= 0.6 is 0 Å². The second-order valence-electron chi connectivity index (χ2n) is 4.67. The lowest BCUT2D eigenvalue weighted by atomic mass is 10.4. The molecule has 0 aromatic rings. The van der Waals surface area contributed by atoms with Gasteiger partial charge in [0.25, 0.3) is 0 Å². The fourth-order valence-corrected chi connectivity index (χ4v) is 1.53. The molecule has 0 fully saturated rings. The summed E-state index contributed by atoms with van der Waals surface area (Å²) >= 11 is 0. The molecule has 0 saturated heterocycles. The number of carbonyl (C=O) groups is 2. The molecule has 0 spiro atoms. The molecule has 0 aromatic carbocycles. The molecule has 0 radical (unpaired) electrons. The van der Waals surface area contributed by atoms with Crippen molar-refractivity contribution < 1.29 is 28.5 Å². The van der Waals surface area contributed by atoms with Gasteiger partial charge in [-0.15, -0.1) is 0 Å². The van der Waals surface area contributed by atoms with Gasteiger partial charge < -0.3 is 29.6 Å². The van der Waals surface area contributed by atoms with Gasteiger partial charge in [0, 0.05) is 33.2 Å². The Morgan fingerprint density at radius 3 is 1.74 bits per heavy atom. The zero-order chi connectivity index (χ0) is 17.2. The Hall–Kier alpha value is -1.38. The van der Waals surface area contributed by atoms with Gasteiger partial charge in [0.05, 0.1) is 33.0 Å². The van der Waals surface area contributed by atoms with Crippen LogP contribution in [0.1, 0.15) is 26.7 Å². The van der Waals surface area contributed by atoms with Crippen LogP contribution in [-0.2, 0) is 23.7 Å². The van der Waals surface area contributed by atoms with Crippen LogP contribution in [0.3, 0.4) is 0 Å². The summed E-state index contributed by atoms with van der Waals surface area (Å²) in [4.78, 5) is 21.6. The highest BCUT2D eigenvalue weighted by molar-refractivity contribution is 5.72. The number of carbonyl (C=O) groups excluding carboxylic acids is 2. The molecule has 0 aromatic heterocycles. The van der Waals surface area contributed by atoms with Crippen molar-refractivity contribution >= 4 is 12.0 Å². The predicted octanol–water partition coefficient (Wildman–Crippen LogP) is 0.699. The van der Waals surface area contributed by atoms with E-state index in [4.69, 9.17) is 18.9 Å². The number of amides is 2. The summed E-state index contributed by atoms with van der Waals surface area (Å²) in [6.45, 7) is 8.05. The van der Waals surface area contributed by atoms with E-state index in [0.29, 0.717) is 59.3 Å². The van der Waals surface area contributed by atoms with E-state index in [2.05, 4.69) is 10.6 Å². The van der Waals surface area contributed by atoms with Crippen LogP contribution < -0.4 is 10.6 Å². The van der Waals surface area contributed by atoms with Crippen molar-refractivity contribution in [1.29, 1.82) is 0 Å². The van der Waals surface area contributed by atoms with E-state index in [0.717, 1.165) is 12.8 Å². The van der Waals surface area contributed by atoms with E-state index in [1.54, 1.807) is 6.92 Å². The molecule has 0 aliphatic carbocycles. The summed E-state index contributed by atoms with van der Waals surface area (Å²) in [5.41, 5.74) is 0. The van der Waals surface area contributed by atoms with E-state index in [9.17, 15) is 9.59 Å². The van der Waals surface area contributed by atoms with E-state index < -0.39 is 6.09 Å². The zero-order valence-corrected chi connectivity index (χ0v) is 14.2. The summed E-state index contributed by atoms with van der Waals surface area (Å²) < 4.78 is 20.8. The number of rotatable bonds is 15. The highest BCUT2D eigenvalue weighted by Crippen LogP contribution is 1.86. The second-order valence-corrected chi connectivity index (χ2v) is 4.67. The minimum Gasteiger partial charge on any atom is -0.450 e. The smallest absolute Gasteiger partial charge is 0.407 e. The molecule has 2 N–H and O–H groups in total. The van der Waals surface area contributed by atoms with E-state index in [-0.39, 0.29) is 5.91 Å². The third-order valence-corrected chi connectivity index (χ3v) is 2.59. The van der Waals surface area contributed by atoms with Crippen molar-refractivity contribution in [2.45, 2.75) is 26.7 Å². The summed E-state index contributed by atoms with van der Waals surface area (Å²) in [7, 11) is 0. The Kier molecular flexibility index (Phi) is 16.0. The lowest BCUT2D eigenvalue weighted by Gasteiger charge is -2.07. The maximum atomic E-state index is 11.0. The molecule has 8 nitrogen and oxygen atoms in total. The van der Waals surface area contributed by atoms with Gasteiger partial charge in [-0.2, -0.15) is 0 Å². The number of nitrogens with one attached hydrogen (secondary N) is 2. The highest BCUT2D eigenvalue weighted by atomic mass is 16.5. The largest absolute Gasteiger partial charge is 0.450 e. The molecule has 0 unspecified atom stereocenters. The van der Waals surface area contributed by atoms with Crippen LogP contribution in [0.25, 0.3) is 0 Å². The molecule has 0 aliphatic heterocycles. The van der Waals surface area contributed by atoms with Crippen molar-refractivity contribution in [3.05, 3.63) is 0 Å². The quantitative estimate of drug-likeness (QED) is 0.428. The van der Waals surface area contributed by atoms with Gasteiger partial charge in [-0.1, -0.05) is 0 Å². The topological polar surface area (TPSA) is 95.1 Å². The van der Waals surface area contributed by atoms with Crippen LogP contribution in [0.2, 0.25) is 0 Å². The van der Waals surface area contributed by atoms with Gasteiger partial charge in [-0.25, -0.2) is 4.79 Å². The Balaban J connectivity index is 3.05. The van der Waals surface area contributed by atoms with Gasteiger partial charge in [0.2, 0.25) is 5.91 Å². The Morgan fingerprint density at radius 1 is 0.783 bits per heavy atom. The Labute approximate surface area is 138 Å². The summed E-state index contributed by atoms with van der Waals surface area (Å²) in [6.07, 6.45) is 1.13. The van der Waals surface area contributed by atoms with Crippen molar-refractivity contribution in [2.75, 3.05) is 59.3 Å². The molecule has 0 atom stereocenters. The molecule has 0 saturated carbocycles. The third kappa shape index (κ3) is 18.6. The fraction of sp³-hybridized carbons (Fsp3) is 0.867. The van der Waals surface area contributed by atoms with Crippen LogP contribution in [0.5, 0.6) is 0 Å². The van der Waals surface area contributed by atoms with Crippen LogP contribution in [0, 0.1) is 0 Å². The number of hydrogen-bond acceptors (Lipinski definition) is 6. The fourth-order valence-electron chi connectivity index (χ4n) is 1.53. The summed E-state index contributed by atoms with van der Waals surface area (Å²) in [6, 6.07) is 0.